The lowest BCUT2D eigenvalue weighted by Gasteiger charge is -2.08. The third-order valence-electron chi connectivity index (χ3n) is 2.24. The minimum absolute atomic E-state index is 0.0555. The molecule has 0 unspecified atom stereocenters. The van der Waals surface area contributed by atoms with E-state index in [1.165, 1.54) is 0 Å². The Kier molecular flexibility index (Phi) is 2.43. The van der Waals surface area contributed by atoms with E-state index in [2.05, 4.69) is 4.98 Å². The fourth-order valence-corrected chi connectivity index (χ4v) is 1.40. The second-order valence-electron chi connectivity index (χ2n) is 3.25. The molecule has 2 rings (SSSR count). The first-order valence-electron chi connectivity index (χ1n) is 4.52. The molecule has 1 aromatic carbocycles. The molecule has 3 heteroatoms. The standard InChI is InChI=1S/C11H12N2O/c12-10(7-14)9-5-8-3-1-2-4-11(8)13-6-9/h1-6,10,14H,7,12H2/t10-/m0/s1. The molecule has 1 atom stereocenters. The van der Waals surface area contributed by atoms with Gasteiger partial charge in [-0.25, -0.2) is 0 Å². The van der Waals surface area contributed by atoms with Gasteiger partial charge in [-0.2, -0.15) is 0 Å². The molecule has 0 bridgehead atoms. The SMILES string of the molecule is N[C@@H](CO)c1cnc2ccccc2c1. The molecule has 0 saturated heterocycles. The molecule has 0 spiro atoms. The molecule has 2 aromatic rings. The van der Waals surface area contributed by atoms with Crippen molar-refractivity contribution in [2.45, 2.75) is 6.04 Å². The number of fused-ring (bicyclic) bond motifs is 1. The van der Waals surface area contributed by atoms with Crippen molar-refractivity contribution in [1.82, 2.24) is 4.98 Å². The van der Waals surface area contributed by atoms with E-state index in [-0.39, 0.29) is 12.6 Å². The smallest absolute Gasteiger partial charge is 0.0702 e. The highest BCUT2D eigenvalue weighted by Crippen LogP contribution is 2.16. The minimum atomic E-state index is -0.341. The Morgan fingerprint density at radius 2 is 2.14 bits per heavy atom. The Morgan fingerprint density at radius 1 is 1.36 bits per heavy atom. The first kappa shape index (κ1) is 9.12. The van der Waals surface area contributed by atoms with Crippen LogP contribution in [0.5, 0.6) is 0 Å². The zero-order valence-corrected chi connectivity index (χ0v) is 7.72. The van der Waals surface area contributed by atoms with Crippen molar-refractivity contribution in [2.24, 2.45) is 5.73 Å². The van der Waals surface area contributed by atoms with Crippen LogP contribution < -0.4 is 5.73 Å². The van der Waals surface area contributed by atoms with Crippen molar-refractivity contribution in [2.75, 3.05) is 6.61 Å². The van der Waals surface area contributed by atoms with Crippen LogP contribution in [0.4, 0.5) is 0 Å². The predicted molar refractivity (Wildman–Crippen MR) is 55.8 cm³/mol. The summed E-state index contributed by atoms with van der Waals surface area (Å²) in [4.78, 5) is 4.26. The van der Waals surface area contributed by atoms with Crippen LogP contribution in [-0.4, -0.2) is 16.7 Å². The summed E-state index contributed by atoms with van der Waals surface area (Å²) in [5.41, 5.74) is 7.51. The van der Waals surface area contributed by atoms with Crippen molar-refractivity contribution in [3.05, 3.63) is 42.1 Å². The average molecular weight is 188 g/mol. The maximum absolute atomic E-state index is 8.91. The van der Waals surface area contributed by atoms with Gasteiger partial charge < -0.3 is 10.8 Å². The molecule has 14 heavy (non-hydrogen) atoms. The van der Waals surface area contributed by atoms with E-state index in [0.29, 0.717) is 0 Å². The van der Waals surface area contributed by atoms with Crippen molar-refractivity contribution < 1.29 is 5.11 Å². The van der Waals surface area contributed by atoms with Crippen LogP contribution in [0.15, 0.2) is 36.5 Å². The summed E-state index contributed by atoms with van der Waals surface area (Å²) in [6.45, 7) is -0.0555. The second-order valence-corrected chi connectivity index (χ2v) is 3.25. The number of para-hydroxylation sites is 1. The molecular formula is C11H12N2O. The van der Waals surface area contributed by atoms with Crippen LogP contribution in [0.2, 0.25) is 0 Å². The summed E-state index contributed by atoms with van der Waals surface area (Å²) in [5, 5.41) is 9.96. The van der Waals surface area contributed by atoms with Crippen LogP contribution in [0.3, 0.4) is 0 Å². The molecule has 3 nitrogen and oxygen atoms in total. The number of benzene rings is 1. The number of hydrogen-bond donors (Lipinski definition) is 2. The van der Waals surface area contributed by atoms with Gasteiger partial charge in [0.15, 0.2) is 0 Å². The summed E-state index contributed by atoms with van der Waals surface area (Å²) in [6, 6.07) is 9.45. The van der Waals surface area contributed by atoms with Gasteiger partial charge in [0, 0.05) is 11.6 Å². The zero-order valence-electron chi connectivity index (χ0n) is 7.72. The zero-order chi connectivity index (χ0) is 9.97. The normalized spacial score (nSPS) is 13.0. The number of nitrogens with two attached hydrogens (primary N) is 1. The lowest BCUT2D eigenvalue weighted by molar-refractivity contribution is 0.268. The van der Waals surface area contributed by atoms with Crippen LogP contribution in [-0.2, 0) is 0 Å². The van der Waals surface area contributed by atoms with Gasteiger partial charge >= 0.3 is 0 Å². The average Bonchev–Trinajstić information content (AvgIpc) is 2.27. The molecule has 0 saturated carbocycles. The second kappa shape index (κ2) is 3.74. The van der Waals surface area contributed by atoms with Crippen molar-refractivity contribution >= 4 is 10.9 Å². The van der Waals surface area contributed by atoms with Gasteiger partial charge in [-0.1, -0.05) is 18.2 Å². The fraction of sp³-hybridized carbons (Fsp3) is 0.182. The Labute approximate surface area is 82.2 Å². The highest BCUT2D eigenvalue weighted by atomic mass is 16.3. The largest absolute Gasteiger partial charge is 0.394 e. The predicted octanol–water partition coefficient (Wildman–Crippen LogP) is 1.23. The Balaban J connectivity index is 2.51. The maximum Gasteiger partial charge on any atom is 0.0702 e. The van der Waals surface area contributed by atoms with Crippen LogP contribution in [0.1, 0.15) is 11.6 Å². The van der Waals surface area contributed by atoms with Crippen molar-refractivity contribution in [3.63, 3.8) is 0 Å². The molecule has 0 aliphatic carbocycles. The van der Waals surface area contributed by atoms with Crippen LogP contribution >= 0.6 is 0 Å². The third kappa shape index (κ3) is 1.60. The van der Waals surface area contributed by atoms with Crippen molar-refractivity contribution in [3.8, 4) is 0 Å². The van der Waals surface area contributed by atoms with E-state index in [1.54, 1.807) is 6.20 Å². The van der Waals surface area contributed by atoms with E-state index in [4.69, 9.17) is 10.8 Å². The van der Waals surface area contributed by atoms with Crippen LogP contribution in [0, 0.1) is 0 Å². The van der Waals surface area contributed by atoms with Crippen LogP contribution in [0.25, 0.3) is 10.9 Å². The highest BCUT2D eigenvalue weighted by Gasteiger charge is 2.04. The Morgan fingerprint density at radius 3 is 2.93 bits per heavy atom. The summed E-state index contributed by atoms with van der Waals surface area (Å²) >= 11 is 0. The summed E-state index contributed by atoms with van der Waals surface area (Å²) in [7, 11) is 0. The monoisotopic (exact) mass is 188 g/mol. The van der Waals surface area contributed by atoms with Gasteiger partial charge in [-0.05, 0) is 17.7 Å². The van der Waals surface area contributed by atoms with Gasteiger partial charge in [0.2, 0.25) is 0 Å². The fourth-order valence-electron chi connectivity index (χ4n) is 1.40. The number of pyridine rings is 1. The van der Waals surface area contributed by atoms with E-state index in [0.717, 1.165) is 16.5 Å². The van der Waals surface area contributed by atoms with E-state index in [9.17, 15) is 0 Å². The number of aliphatic hydroxyl groups excluding tert-OH is 1. The Bertz CT molecular complexity index is 442. The lowest BCUT2D eigenvalue weighted by atomic mass is 10.1. The maximum atomic E-state index is 8.91. The first-order chi connectivity index (χ1) is 6.81. The highest BCUT2D eigenvalue weighted by molar-refractivity contribution is 5.78. The topological polar surface area (TPSA) is 59.1 Å². The van der Waals surface area contributed by atoms with Gasteiger partial charge in [0.25, 0.3) is 0 Å². The molecule has 1 aromatic heterocycles. The number of nitrogens with zero attached hydrogens (tertiary/aromatic N) is 1. The van der Waals surface area contributed by atoms with Gasteiger partial charge in [-0.15, -0.1) is 0 Å². The van der Waals surface area contributed by atoms with E-state index < -0.39 is 0 Å². The summed E-state index contributed by atoms with van der Waals surface area (Å²) < 4.78 is 0. The lowest BCUT2D eigenvalue weighted by Crippen LogP contribution is -2.14. The number of aromatic nitrogens is 1. The number of hydrogen-bond acceptors (Lipinski definition) is 3. The quantitative estimate of drug-likeness (QED) is 0.745. The Hall–Kier alpha value is -1.45. The molecule has 0 aliphatic rings. The number of aliphatic hydroxyl groups is 1. The van der Waals surface area contributed by atoms with Crippen molar-refractivity contribution in [1.29, 1.82) is 0 Å². The molecule has 1 heterocycles. The third-order valence-corrected chi connectivity index (χ3v) is 2.24. The summed E-state index contributed by atoms with van der Waals surface area (Å²) in [5.74, 6) is 0. The van der Waals surface area contributed by atoms with Gasteiger partial charge in [0.1, 0.15) is 0 Å². The summed E-state index contributed by atoms with van der Waals surface area (Å²) in [6.07, 6.45) is 1.71. The first-order valence-corrected chi connectivity index (χ1v) is 4.52. The molecular weight excluding hydrogens is 176 g/mol. The molecule has 3 N–H and O–H groups in total. The van der Waals surface area contributed by atoms with E-state index >= 15 is 0 Å². The number of rotatable bonds is 2. The van der Waals surface area contributed by atoms with Gasteiger partial charge in [0.05, 0.1) is 18.2 Å². The molecule has 0 amide bonds. The van der Waals surface area contributed by atoms with E-state index in [1.807, 2.05) is 30.3 Å². The minimum Gasteiger partial charge on any atom is -0.394 e. The molecule has 0 radical (unpaired) electrons. The van der Waals surface area contributed by atoms with Gasteiger partial charge in [-0.3, -0.25) is 4.98 Å². The molecule has 0 fully saturated rings. The molecule has 72 valence electrons. The molecule has 0 aliphatic heterocycles.